The molecule has 130 valence electrons. The van der Waals surface area contributed by atoms with Gasteiger partial charge in [0.2, 0.25) is 5.89 Å². The molecule has 2 rings (SSSR count). The fourth-order valence-electron chi connectivity index (χ4n) is 3.12. The van der Waals surface area contributed by atoms with E-state index in [1.165, 1.54) is 6.42 Å². The van der Waals surface area contributed by atoms with Gasteiger partial charge in [0.1, 0.15) is 0 Å². The molecule has 0 radical (unpaired) electrons. The molecule has 2 heterocycles. The maximum absolute atomic E-state index is 5.28. The van der Waals surface area contributed by atoms with Gasteiger partial charge in [0.05, 0.1) is 6.54 Å². The van der Waals surface area contributed by atoms with Crippen LogP contribution in [0.2, 0.25) is 0 Å². The number of nitrogens with zero attached hydrogens (tertiary/aromatic N) is 4. The molecule has 0 spiro atoms. The molecule has 0 aromatic carbocycles. The van der Waals surface area contributed by atoms with Crippen LogP contribution in [0.15, 0.2) is 9.52 Å². The number of piperidine rings is 1. The monoisotopic (exact) mass is 321 g/mol. The normalized spacial score (nSPS) is 22.7. The molecule has 2 atom stereocenters. The van der Waals surface area contributed by atoms with Crippen molar-refractivity contribution in [2.75, 3.05) is 26.2 Å². The average Bonchev–Trinajstić information content (AvgIpc) is 2.94. The molecule has 0 amide bonds. The predicted octanol–water partition coefficient (Wildman–Crippen LogP) is 2.68. The first-order chi connectivity index (χ1) is 11.0. The molecule has 1 fully saturated rings. The smallest absolute Gasteiger partial charge is 0.228 e. The van der Waals surface area contributed by atoms with Gasteiger partial charge >= 0.3 is 0 Å². The Morgan fingerprint density at radius 2 is 2.04 bits per heavy atom. The van der Waals surface area contributed by atoms with E-state index in [1.54, 1.807) is 0 Å². The Hall–Kier alpha value is -1.59. The highest BCUT2D eigenvalue weighted by molar-refractivity contribution is 5.80. The van der Waals surface area contributed by atoms with Gasteiger partial charge in [0.15, 0.2) is 11.8 Å². The third-order valence-corrected chi connectivity index (χ3v) is 4.09. The highest BCUT2D eigenvalue weighted by Crippen LogP contribution is 2.20. The van der Waals surface area contributed by atoms with Crippen LogP contribution in [0.5, 0.6) is 0 Å². The molecule has 1 N–H and O–H groups in total. The number of hydrogen-bond donors (Lipinski definition) is 1. The Labute approximate surface area is 139 Å². The van der Waals surface area contributed by atoms with Crippen LogP contribution in [0.3, 0.4) is 0 Å². The van der Waals surface area contributed by atoms with Gasteiger partial charge in [-0.1, -0.05) is 32.9 Å². The standard InChI is InChI=1S/C17H31N5O/c1-6-18-17(22-10-13(4)9-14(5)11-22)19-8-7-15-20-16(12(2)3)21-23-15/h12-14H,6-11H2,1-5H3,(H,18,19). The Balaban J connectivity index is 1.95. The topological polar surface area (TPSA) is 66.5 Å². The zero-order valence-electron chi connectivity index (χ0n) is 15.2. The van der Waals surface area contributed by atoms with Crippen LogP contribution in [-0.2, 0) is 6.42 Å². The lowest BCUT2D eigenvalue weighted by atomic mass is 9.92. The van der Waals surface area contributed by atoms with Crippen molar-refractivity contribution < 1.29 is 4.52 Å². The summed E-state index contributed by atoms with van der Waals surface area (Å²) in [6, 6.07) is 0. The van der Waals surface area contributed by atoms with E-state index in [0.717, 1.165) is 31.4 Å². The van der Waals surface area contributed by atoms with Gasteiger partial charge in [-0.3, -0.25) is 4.99 Å². The van der Waals surface area contributed by atoms with E-state index in [1.807, 2.05) is 0 Å². The second-order valence-electron chi connectivity index (χ2n) is 7.04. The first-order valence-corrected chi connectivity index (χ1v) is 8.85. The third-order valence-electron chi connectivity index (χ3n) is 4.09. The van der Waals surface area contributed by atoms with Crippen LogP contribution in [-0.4, -0.2) is 47.2 Å². The number of aromatic nitrogens is 2. The molecular formula is C17H31N5O. The van der Waals surface area contributed by atoms with Gasteiger partial charge in [-0.05, 0) is 25.2 Å². The molecule has 6 nitrogen and oxygen atoms in total. The van der Waals surface area contributed by atoms with Crippen molar-refractivity contribution in [1.82, 2.24) is 20.4 Å². The van der Waals surface area contributed by atoms with Crippen molar-refractivity contribution in [1.29, 1.82) is 0 Å². The SMILES string of the molecule is CCNC(=NCCc1nc(C(C)C)no1)N1CC(C)CC(C)C1. The molecule has 23 heavy (non-hydrogen) atoms. The van der Waals surface area contributed by atoms with Crippen LogP contribution in [0.1, 0.15) is 58.7 Å². The van der Waals surface area contributed by atoms with Crippen molar-refractivity contribution in [3.63, 3.8) is 0 Å². The number of guanidine groups is 1. The van der Waals surface area contributed by atoms with Gasteiger partial charge < -0.3 is 14.7 Å². The quantitative estimate of drug-likeness (QED) is 0.667. The molecular weight excluding hydrogens is 290 g/mol. The molecule has 0 aliphatic carbocycles. The maximum atomic E-state index is 5.28. The van der Waals surface area contributed by atoms with Crippen molar-refractivity contribution in [2.24, 2.45) is 16.8 Å². The zero-order valence-corrected chi connectivity index (χ0v) is 15.2. The minimum atomic E-state index is 0.296. The van der Waals surface area contributed by atoms with E-state index < -0.39 is 0 Å². The van der Waals surface area contributed by atoms with E-state index >= 15 is 0 Å². The summed E-state index contributed by atoms with van der Waals surface area (Å²) in [7, 11) is 0. The summed E-state index contributed by atoms with van der Waals surface area (Å²) in [6.45, 7) is 14.6. The summed E-state index contributed by atoms with van der Waals surface area (Å²) in [4.78, 5) is 11.6. The van der Waals surface area contributed by atoms with Crippen LogP contribution in [0.25, 0.3) is 0 Å². The molecule has 0 bridgehead atoms. The highest BCUT2D eigenvalue weighted by atomic mass is 16.5. The van der Waals surface area contributed by atoms with Gasteiger partial charge in [-0.15, -0.1) is 0 Å². The van der Waals surface area contributed by atoms with E-state index in [2.05, 4.69) is 55.0 Å². The fraction of sp³-hybridized carbons (Fsp3) is 0.824. The van der Waals surface area contributed by atoms with Crippen LogP contribution in [0, 0.1) is 11.8 Å². The van der Waals surface area contributed by atoms with Crippen molar-refractivity contribution in [3.8, 4) is 0 Å². The summed E-state index contributed by atoms with van der Waals surface area (Å²) in [5.41, 5.74) is 0. The molecule has 6 heteroatoms. The van der Waals surface area contributed by atoms with Crippen LogP contribution < -0.4 is 5.32 Å². The van der Waals surface area contributed by atoms with Gasteiger partial charge in [-0.25, -0.2) is 0 Å². The first-order valence-electron chi connectivity index (χ1n) is 8.85. The summed E-state index contributed by atoms with van der Waals surface area (Å²) in [6.07, 6.45) is 1.99. The van der Waals surface area contributed by atoms with E-state index in [4.69, 9.17) is 9.52 Å². The molecule has 1 aliphatic rings. The Bertz CT molecular complexity index is 501. The summed E-state index contributed by atoms with van der Waals surface area (Å²) in [5.74, 6) is 4.18. The Morgan fingerprint density at radius 3 is 2.61 bits per heavy atom. The van der Waals surface area contributed by atoms with E-state index in [0.29, 0.717) is 36.6 Å². The maximum Gasteiger partial charge on any atom is 0.228 e. The van der Waals surface area contributed by atoms with Gasteiger partial charge in [0.25, 0.3) is 0 Å². The molecule has 2 unspecified atom stereocenters. The van der Waals surface area contributed by atoms with E-state index in [-0.39, 0.29) is 0 Å². The number of aliphatic imine (C=N–C) groups is 1. The third kappa shape index (κ3) is 5.22. The lowest BCUT2D eigenvalue weighted by Crippen LogP contribution is -2.48. The predicted molar refractivity (Wildman–Crippen MR) is 92.6 cm³/mol. The molecule has 0 saturated carbocycles. The first kappa shape index (κ1) is 17.8. The zero-order chi connectivity index (χ0) is 16.8. The Morgan fingerprint density at radius 1 is 1.35 bits per heavy atom. The Kier molecular flexibility index (Phi) is 6.42. The van der Waals surface area contributed by atoms with Gasteiger partial charge in [-0.2, -0.15) is 4.98 Å². The lowest BCUT2D eigenvalue weighted by Gasteiger charge is -2.37. The second kappa shape index (κ2) is 8.31. The minimum absolute atomic E-state index is 0.296. The number of hydrogen-bond acceptors (Lipinski definition) is 4. The highest BCUT2D eigenvalue weighted by Gasteiger charge is 2.23. The van der Waals surface area contributed by atoms with Gasteiger partial charge in [0, 0.05) is 32.0 Å². The average molecular weight is 321 g/mol. The molecule has 1 aliphatic heterocycles. The number of rotatable bonds is 5. The number of nitrogens with one attached hydrogen (secondary N) is 1. The van der Waals surface area contributed by atoms with Crippen LogP contribution >= 0.6 is 0 Å². The van der Waals surface area contributed by atoms with Crippen molar-refractivity contribution >= 4 is 5.96 Å². The van der Waals surface area contributed by atoms with Crippen molar-refractivity contribution in [3.05, 3.63) is 11.7 Å². The minimum Gasteiger partial charge on any atom is -0.357 e. The fourth-order valence-corrected chi connectivity index (χ4v) is 3.12. The van der Waals surface area contributed by atoms with Crippen molar-refractivity contribution in [2.45, 2.75) is 53.4 Å². The summed E-state index contributed by atoms with van der Waals surface area (Å²) < 4.78 is 5.28. The summed E-state index contributed by atoms with van der Waals surface area (Å²) in [5, 5.41) is 7.41. The van der Waals surface area contributed by atoms with E-state index in [9.17, 15) is 0 Å². The largest absolute Gasteiger partial charge is 0.357 e. The molecule has 1 aromatic heterocycles. The second-order valence-corrected chi connectivity index (χ2v) is 7.04. The molecule has 1 aromatic rings. The van der Waals surface area contributed by atoms with Crippen LogP contribution in [0.4, 0.5) is 0 Å². The molecule has 1 saturated heterocycles. The summed E-state index contributed by atoms with van der Waals surface area (Å²) >= 11 is 0. The lowest BCUT2D eigenvalue weighted by molar-refractivity contribution is 0.208. The number of likely N-dealkylation sites (tertiary alicyclic amines) is 1.